The van der Waals surface area contributed by atoms with Gasteiger partial charge in [-0.15, -0.1) is 0 Å². The normalized spacial score (nSPS) is 15.2. The van der Waals surface area contributed by atoms with Gasteiger partial charge in [-0.2, -0.15) is 0 Å². The van der Waals surface area contributed by atoms with E-state index in [2.05, 4.69) is 0 Å². The fourth-order valence-electron chi connectivity index (χ4n) is 0. The molecule has 0 fully saturated rings. The zero-order valence-electron chi connectivity index (χ0n) is 3.52. The van der Waals surface area contributed by atoms with Crippen LogP contribution < -0.4 is 0 Å². The molecule has 1 nitrogen and oxygen atoms in total. The molecule has 0 radical (unpaired) electrons. The molecule has 26 valence electrons. The van der Waals surface area contributed by atoms with Crippen LogP contribution in [0, 0.1) is 0 Å². The van der Waals surface area contributed by atoms with Crippen molar-refractivity contribution in [2.24, 2.45) is 0 Å². The average molecular weight is 100 g/mol. The molecule has 0 amide bonds. The summed E-state index contributed by atoms with van der Waals surface area (Å²) >= 11 is 0.562. The van der Waals surface area contributed by atoms with E-state index in [9.17, 15) is 4.55 Å². The molecule has 0 saturated carbocycles. The SMILES string of the molecule is C[S+]([O-])[CH2][Na]. The van der Waals surface area contributed by atoms with Crippen molar-refractivity contribution in [1.82, 2.24) is 0 Å². The molecule has 0 bridgehead atoms. The number of hydrogen-bond acceptors (Lipinski definition) is 1. The first-order valence-electron chi connectivity index (χ1n) is 1.57. The summed E-state index contributed by atoms with van der Waals surface area (Å²) in [6, 6.07) is 0. The summed E-state index contributed by atoms with van der Waals surface area (Å²) in [5, 5.41) is 0. The van der Waals surface area contributed by atoms with Crippen LogP contribution in [0.2, 0.25) is 0 Å². The van der Waals surface area contributed by atoms with E-state index in [4.69, 9.17) is 0 Å². The topological polar surface area (TPSA) is 23.1 Å². The Kier molecular flexibility index (Phi) is 4.41. The monoisotopic (exact) mass is 100.0 g/mol. The molecule has 0 saturated heterocycles. The van der Waals surface area contributed by atoms with Gasteiger partial charge in [-0.05, 0) is 0 Å². The average Bonchev–Trinajstić information content (AvgIpc) is 1.38. The quantitative estimate of drug-likeness (QED) is 0.321. The molecular weight excluding hydrogens is 95.1 g/mol. The molecule has 0 aliphatic rings. The predicted octanol–water partition coefficient (Wildman–Crippen LogP) is -0.509. The molecule has 1 unspecified atom stereocenters. The molecule has 1 atom stereocenters. The summed E-state index contributed by atoms with van der Waals surface area (Å²) in [5.74, 6) is 0. The van der Waals surface area contributed by atoms with Crippen LogP contribution in [0.5, 0.6) is 0 Å². The Labute approximate surface area is 52.7 Å². The van der Waals surface area contributed by atoms with E-state index in [0.717, 1.165) is 30.9 Å². The Morgan fingerprint density at radius 1 is 2.00 bits per heavy atom. The van der Waals surface area contributed by atoms with Gasteiger partial charge in [0.1, 0.15) is 0 Å². The van der Waals surface area contributed by atoms with E-state index in [-0.39, 0.29) is 0 Å². The van der Waals surface area contributed by atoms with Crippen LogP contribution >= 0.6 is 0 Å². The first-order valence-corrected chi connectivity index (χ1v) is 4.71. The van der Waals surface area contributed by atoms with Gasteiger partial charge < -0.3 is 0 Å². The zero-order chi connectivity index (χ0) is 4.28. The minimum absolute atomic E-state index is 0.511. The molecule has 3 heteroatoms. The Balaban J connectivity index is 2.54. The third kappa shape index (κ3) is 5.31. The van der Waals surface area contributed by atoms with E-state index < -0.39 is 11.2 Å². The van der Waals surface area contributed by atoms with E-state index in [0.29, 0.717) is 0 Å². The van der Waals surface area contributed by atoms with Crippen LogP contribution in [0.1, 0.15) is 0 Å². The number of rotatable bonds is 1. The molecule has 0 N–H and O–H groups in total. The van der Waals surface area contributed by atoms with Crippen molar-refractivity contribution in [1.29, 1.82) is 0 Å². The van der Waals surface area contributed by atoms with Crippen molar-refractivity contribution in [3.8, 4) is 0 Å². The fraction of sp³-hybridized carbons (Fsp3) is 1.00. The molecule has 0 aliphatic heterocycles. The second-order valence-electron chi connectivity index (χ2n) is 0.862. The summed E-state index contributed by atoms with van der Waals surface area (Å²) in [7, 11) is 0. The van der Waals surface area contributed by atoms with Crippen LogP contribution in [0.15, 0.2) is 0 Å². The molecule has 0 aromatic rings. The summed E-state index contributed by atoms with van der Waals surface area (Å²) in [6.45, 7) is 0. The first kappa shape index (κ1) is 6.31. The second kappa shape index (κ2) is 3.50. The van der Waals surface area contributed by atoms with E-state index in [1.165, 1.54) is 0 Å². The van der Waals surface area contributed by atoms with E-state index >= 15 is 0 Å². The van der Waals surface area contributed by atoms with Gasteiger partial charge in [0.05, 0.1) is 0 Å². The molecular formula is C2H5NaOS. The minimum atomic E-state index is -0.511. The van der Waals surface area contributed by atoms with Crippen molar-refractivity contribution in [3.63, 3.8) is 0 Å². The Morgan fingerprint density at radius 2 is 2.20 bits per heavy atom. The first-order chi connectivity index (χ1) is 2.27. The molecule has 0 aromatic heterocycles. The molecule has 0 rings (SSSR count). The molecule has 5 heavy (non-hydrogen) atoms. The summed E-state index contributed by atoms with van der Waals surface area (Å²) in [5.41, 5.74) is 0. The molecule has 0 heterocycles. The molecule has 0 aromatic carbocycles. The zero-order valence-corrected chi connectivity index (χ0v) is 6.34. The third-order valence-corrected chi connectivity index (χ3v) is 3.66. The van der Waals surface area contributed by atoms with Crippen LogP contribution in [0.3, 0.4) is 0 Å². The second-order valence-corrected chi connectivity index (χ2v) is 4.32. The maximum atomic E-state index is 9.96. The van der Waals surface area contributed by atoms with Gasteiger partial charge >= 0.3 is 52.9 Å². The van der Waals surface area contributed by atoms with Crippen molar-refractivity contribution >= 4 is 39.1 Å². The van der Waals surface area contributed by atoms with Crippen LogP contribution in [-0.2, 0) is 11.2 Å². The van der Waals surface area contributed by atoms with Crippen molar-refractivity contribution in [3.05, 3.63) is 0 Å². The van der Waals surface area contributed by atoms with Gasteiger partial charge in [0.2, 0.25) is 0 Å². The Hall–Kier alpha value is 1.31. The van der Waals surface area contributed by atoms with Crippen LogP contribution in [0.25, 0.3) is 0 Å². The van der Waals surface area contributed by atoms with E-state index in [1.807, 2.05) is 0 Å². The Morgan fingerprint density at radius 3 is 2.20 bits per heavy atom. The van der Waals surface area contributed by atoms with Gasteiger partial charge in [0.25, 0.3) is 0 Å². The predicted molar refractivity (Wildman–Crippen MR) is 24.7 cm³/mol. The fourth-order valence-corrected chi connectivity index (χ4v) is 0. The van der Waals surface area contributed by atoms with Crippen molar-refractivity contribution in [2.45, 2.75) is 0 Å². The Bertz CT molecular complexity index is 23.6. The van der Waals surface area contributed by atoms with Gasteiger partial charge in [0, 0.05) is 0 Å². The van der Waals surface area contributed by atoms with Gasteiger partial charge in [0.15, 0.2) is 0 Å². The van der Waals surface area contributed by atoms with Crippen LogP contribution in [0.4, 0.5) is 0 Å². The maximum absolute atomic E-state index is 9.96. The van der Waals surface area contributed by atoms with Crippen LogP contribution in [-0.4, -0.2) is 41.7 Å². The van der Waals surface area contributed by atoms with Gasteiger partial charge in [-0.25, -0.2) is 0 Å². The number of hydrogen-bond donors (Lipinski definition) is 0. The summed E-state index contributed by atoms with van der Waals surface area (Å²) < 4.78 is 10.9. The third-order valence-electron chi connectivity index (χ3n) is 0.407. The van der Waals surface area contributed by atoms with E-state index in [1.54, 1.807) is 6.26 Å². The van der Waals surface area contributed by atoms with Gasteiger partial charge in [-0.3, -0.25) is 0 Å². The van der Waals surface area contributed by atoms with Gasteiger partial charge in [-0.1, -0.05) is 0 Å². The summed E-state index contributed by atoms with van der Waals surface area (Å²) in [6.07, 6.45) is 1.73. The van der Waals surface area contributed by atoms with Crippen molar-refractivity contribution in [2.75, 3.05) is 9.26 Å². The van der Waals surface area contributed by atoms with Crippen molar-refractivity contribution < 1.29 is 4.55 Å². The molecule has 0 aliphatic carbocycles. The standard InChI is InChI=1S/C2H5OS.Na/c1-4(2)3;/h1H2,2H3;. The summed E-state index contributed by atoms with van der Waals surface area (Å²) in [4.78, 5) is 0. The molecule has 0 spiro atoms.